The highest BCUT2D eigenvalue weighted by molar-refractivity contribution is 6.06. The molecule has 4 aliphatic carbocycles. The molecule has 3 heterocycles. The fourth-order valence-electron chi connectivity index (χ4n) is 9.84. The van der Waals surface area contributed by atoms with Crippen LogP contribution in [0.5, 0.6) is 0 Å². The number of carbonyl (C=O) groups excluding carboxylic acids is 2. The van der Waals surface area contributed by atoms with E-state index in [1.54, 1.807) is 10.5 Å². The van der Waals surface area contributed by atoms with E-state index in [1.165, 1.54) is 47.2 Å². The van der Waals surface area contributed by atoms with Crippen LogP contribution < -0.4 is 0 Å². The van der Waals surface area contributed by atoms with Crippen LogP contribution in [0.2, 0.25) is 0 Å². The van der Waals surface area contributed by atoms with Crippen LogP contribution >= 0.6 is 0 Å². The Labute approximate surface area is 244 Å². The van der Waals surface area contributed by atoms with Gasteiger partial charge in [0.25, 0.3) is 0 Å². The van der Waals surface area contributed by atoms with Crippen molar-refractivity contribution in [3.05, 3.63) is 70.6 Å². The van der Waals surface area contributed by atoms with Crippen molar-refractivity contribution in [2.24, 2.45) is 35.5 Å². The first-order chi connectivity index (χ1) is 20.2. The van der Waals surface area contributed by atoms with Gasteiger partial charge in [-0.05, 0) is 104 Å². The third kappa shape index (κ3) is 4.42. The van der Waals surface area contributed by atoms with Gasteiger partial charge in [0, 0.05) is 37.9 Å². The van der Waals surface area contributed by atoms with Crippen LogP contribution in [0.4, 0.5) is 0 Å². The first-order valence-corrected chi connectivity index (χ1v) is 16.5. The molecular weight excluding hydrogens is 506 g/mol. The van der Waals surface area contributed by atoms with E-state index in [0.717, 1.165) is 71.0 Å². The number of piperidine rings is 1. The van der Waals surface area contributed by atoms with Gasteiger partial charge in [-0.3, -0.25) is 19.5 Å². The van der Waals surface area contributed by atoms with Crippen LogP contribution in [0.25, 0.3) is 5.57 Å². The van der Waals surface area contributed by atoms with Crippen molar-refractivity contribution < 1.29 is 9.59 Å². The number of hydrogen-bond donors (Lipinski definition) is 0. The highest BCUT2D eigenvalue weighted by Gasteiger charge is 2.61. The Kier molecular flexibility index (Phi) is 6.62. The van der Waals surface area contributed by atoms with E-state index in [4.69, 9.17) is 4.98 Å². The predicted octanol–water partition coefficient (Wildman–Crippen LogP) is 5.92. The Hall–Kier alpha value is -2.79. The summed E-state index contributed by atoms with van der Waals surface area (Å²) >= 11 is 0. The second-order valence-electron chi connectivity index (χ2n) is 13.9. The Morgan fingerprint density at radius 3 is 2.15 bits per heavy atom. The zero-order valence-electron chi connectivity index (χ0n) is 24.3. The van der Waals surface area contributed by atoms with Crippen LogP contribution in [-0.4, -0.2) is 52.8 Å². The third-order valence-corrected chi connectivity index (χ3v) is 11.9. The maximum absolute atomic E-state index is 13.4. The van der Waals surface area contributed by atoms with Gasteiger partial charge in [0.05, 0.1) is 17.5 Å². The number of likely N-dealkylation sites (tertiary alicyclic amines) is 2. The number of carbonyl (C=O) groups is 2. The normalized spacial score (nSPS) is 33.1. The standard InChI is InChI=1S/C36H43N3O2/c40-35-32-26-13-14-27(20-26)33(32)36(41)39(35)22-29-8-2-1-7-28(29)21-38-18-15-24(16-19-38)31-30-10-4-3-6-23(30)11-12-25-9-5-17-37-34(25)31/h3-6,9-10,17,26-29,32-33H,1-2,7-8,11-16,18-22H2/t26-,27+,28-,29-,32?,33?/m1/s1. The van der Waals surface area contributed by atoms with E-state index in [-0.39, 0.29) is 23.7 Å². The van der Waals surface area contributed by atoms with Crippen LogP contribution in [0.1, 0.15) is 80.2 Å². The molecule has 2 aromatic rings. The second-order valence-corrected chi connectivity index (χ2v) is 13.9. The largest absolute Gasteiger partial charge is 0.302 e. The van der Waals surface area contributed by atoms with Gasteiger partial charge in [-0.1, -0.05) is 48.7 Å². The van der Waals surface area contributed by atoms with Crippen molar-refractivity contribution in [1.82, 2.24) is 14.8 Å². The number of rotatable bonds is 4. The molecule has 1 aromatic carbocycles. The van der Waals surface area contributed by atoms with E-state index in [2.05, 4.69) is 41.3 Å². The Balaban J connectivity index is 0.975. The Bertz CT molecular complexity index is 1310. The van der Waals surface area contributed by atoms with Gasteiger partial charge in [0.15, 0.2) is 0 Å². The SMILES string of the molecule is O=C1C2C(C(=O)N1C[C@H]1CCCC[C@@H]1CN1CCC(=C3c4ccccc4CCc4cccnc43)CC1)[C@H]1CC[C@@H]2C1. The Morgan fingerprint density at radius 2 is 1.39 bits per heavy atom. The molecule has 2 amide bonds. The van der Waals surface area contributed by atoms with Crippen LogP contribution in [0.3, 0.4) is 0 Å². The summed E-state index contributed by atoms with van der Waals surface area (Å²) < 4.78 is 0. The van der Waals surface area contributed by atoms with E-state index in [0.29, 0.717) is 30.2 Å². The molecule has 5 nitrogen and oxygen atoms in total. The van der Waals surface area contributed by atoms with E-state index < -0.39 is 0 Å². The van der Waals surface area contributed by atoms with Gasteiger partial charge in [-0.25, -0.2) is 0 Å². The number of fused-ring (bicyclic) bond motifs is 7. The van der Waals surface area contributed by atoms with Crippen molar-refractivity contribution in [1.29, 1.82) is 0 Å². The summed E-state index contributed by atoms with van der Waals surface area (Å²) in [6.45, 7) is 3.95. The number of aromatic nitrogens is 1. The minimum atomic E-state index is 0.0191. The second kappa shape index (κ2) is 10.5. The third-order valence-electron chi connectivity index (χ3n) is 11.9. The summed E-state index contributed by atoms with van der Waals surface area (Å²) in [6.07, 6.45) is 14.6. The van der Waals surface area contributed by atoms with Gasteiger partial charge in [-0.15, -0.1) is 0 Å². The lowest BCUT2D eigenvalue weighted by Crippen LogP contribution is -2.43. The number of hydrogen-bond acceptors (Lipinski definition) is 4. The summed E-state index contributed by atoms with van der Waals surface area (Å²) in [5.74, 6) is 2.40. The molecule has 2 saturated heterocycles. The van der Waals surface area contributed by atoms with Crippen molar-refractivity contribution in [3.8, 4) is 0 Å². The molecule has 0 radical (unpaired) electrons. The fraction of sp³-hybridized carbons (Fsp3) is 0.583. The molecule has 2 unspecified atom stereocenters. The zero-order chi connectivity index (χ0) is 27.5. The molecule has 41 heavy (non-hydrogen) atoms. The van der Waals surface area contributed by atoms with Crippen molar-refractivity contribution in [2.45, 2.75) is 70.6 Å². The van der Waals surface area contributed by atoms with Crippen LogP contribution in [0.15, 0.2) is 48.2 Å². The molecule has 214 valence electrons. The Morgan fingerprint density at radius 1 is 0.732 bits per heavy atom. The molecule has 3 saturated carbocycles. The van der Waals surface area contributed by atoms with Crippen molar-refractivity contribution in [2.75, 3.05) is 26.2 Å². The summed E-state index contributed by atoms with van der Waals surface area (Å²) in [6, 6.07) is 13.3. The first-order valence-electron chi connectivity index (χ1n) is 16.5. The van der Waals surface area contributed by atoms with Gasteiger partial charge in [-0.2, -0.15) is 0 Å². The number of amides is 2. The summed E-state index contributed by atoms with van der Waals surface area (Å²) in [5.41, 5.74) is 8.37. The highest BCUT2D eigenvalue weighted by atomic mass is 16.2. The number of imide groups is 1. The maximum atomic E-state index is 13.4. The zero-order valence-corrected chi connectivity index (χ0v) is 24.3. The van der Waals surface area contributed by atoms with Crippen LogP contribution in [-0.2, 0) is 22.4 Å². The van der Waals surface area contributed by atoms with E-state index >= 15 is 0 Å². The van der Waals surface area contributed by atoms with Crippen molar-refractivity contribution >= 4 is 17.4 Å². The van der Waals surface area contributed by atoms with Crippen molar-refractivity contribution in [3.63, 3.8) is 0 Å². The molecule has 8 rings (SSSR count). The van der Waals surface area contributed by atoms with Gasteiger partial charge >= 0.3 is 0 Å². The first kappa shape index (κ1) is 25.9. The molecule has 6 atom stereocenters. The number of nitrogens with zero attached hydrogens (tertiary/aromatic N) is 3. The minimum Gasteiger partial charge on any atom is -0.302 e. The number of benzene rings is 1. The fourth-order valence-corrected chi connectivity index (χ4v) is 9.84. The monoisotopic (exact) mass is 549 g/mol. The van der Waals surface area contributed by atoms with E-state index in [9.17, 15) is 9.59 Å². The van der Waals surface area contributed by atoms with E-state index in [1.807, 2.05) is 6.20 Å². The molecule has 2 aliphatic heterocycles. The number of aryl methyl sites for hydroxylation is 2. The number of pyridine rings is 1. The molecule has 5 fully saturated rings. The lowest BCUT2D eigenvalue weighted by molar-refractivity contribution is -0.142. The maximum Gasteiger partial charge on any atom is 0.233 e. The lowest BCUT2D eigenvalue weighted by atomic mass is 9.78. The molecule has 0 N–H and O–H groups in total. The lowest BCUT2D eigenvalue weighted by Gasteiger charge is -2.39. The molecule has 2 bridgehead atoms. The average Bonchev–Trinajstić information content (AvgIpc) is 3.66. The molecule has 6 aliphatic rings. The molecule has 0 spiro atoms. The summed E-state index contributed by atoms with van der Waals surface area (Å²) in [4.78, 5) is 36.2. The minimum absolute atomic E-state index is 0.0191. The topological polar surface area (TPSA) is 53.5 Å². The molecule has 5 heteroatoms. The molecular formula is C36H43N3O2. The average molecular weight is 550 g/mol. The van der Waals surface area contributed by atoms with Crippen LogP contribution in [0, 0.1) is 35.5 Å². The summed E-state index contributed by atoms with van der Waals surface area (Å²) in [5, 5.41) is 0. The smallest absolute Gasteiger partial charge is 0.233 e. The van der Waals surface area contributed by atoms with Gasteiger partial charge in [0.1, 0.15) is 0 Å². The predicted molar refractivity (Wildman–Crippen MR) is 160 cm³/mol. The van der Waals surface area contributed by atoms with Gasteiger partial charge in [0.2, 0.25) is 11.8 Å². The highest BCUT2D eigenvalue weighted by Crippen LogP contribution is 2.56. The summed E-state index contributed by atoms with van der Waals surface area (Å²) in [7, 11) is 0. The quantitative estimate of drug-likeness (QED) is 0.445. The molecule has 1 aromatic heterocycles. The van der Waals surface area contributed by atoms with Gasteiger partial charge < -0.3 is 4.90 Å².